The van der Waals surface area contributed by atoms with Crippen LogP contribution in [0.4, 0.5) is 0 Å². The van der Waals surface area contributed by atoms with Crippen LogP contribution in [0.5, 0.6) is 0 Å². The lowest BCUT2D eigenvalue weighted by Gasteiger charge is -2.40. The third-order valence-electron chi connectivity index (χ3n) is 5.04. The van der Waals surface area contributed by atoms with Gasteiger partial charge in [-0.1, -0.05) is 48.5 Å². The Morgan fingerprint density at radius 1 is 1.00 bits per heavy atom. The smallest absolute Gasteiger partial charge is 0.254 e. The Balaban J connectivity index is 1.64. The van der Waals surface area contributed by atoms with E-state index in [0.717, 1.165) is 24.8 Å². The minimum Gasteiger partial charge on any atom is -0.352 e. The van der Waals surface area contributed by atoms with Gasteiger partial charge in [0.05, 0.1) is 0 Å². The Morgan fingerprint density at radius 3 is 2.35 bits per heavy atom. The average molecular weight is 350 g/mol. The molecule has 0 aromatic heterocycles. The van der Waals surface area contributed by atoms with Crippen molar-refractivity contribution in [1.29, 1.82) is 0 Å². The summed E-state index contributed by atoms with van der Waals surface area (Å²) in [6.07, 6.45) is 3.27. The van der Waals surface area contributed by atoms with Gasteiger partial charge in [-0.2, -0.15) is 0 Å². The minimum absolute atomic E-state index is 0.00110. The number of rotatable bonds is 5. The van der Waals surface area contributed by atoms with Crippen molar-refractivity contribution in [3.8, 4) is 0 Å². The molecule has 136 valence electrons. The normalized spacial score (nSPS) is 19.8. The second-order valence-corrected chi connectivity index (χ2v) is 6.98. The van der Waals surface area contributed by atoms with E-state index in [1.54, 1.807) is 0 Å². The third-order valence-corrected chi connectivity index (χ3v) is 5.04. The van der Waals surface area contributed by atoms with Crippen molar-refractivity contribution in [1.82, 2.24) is 10.2 Å². The van der Waals surface area contributed by atoms with E-state index in [2.05, 4.69) is 12.2 Å². The van der Waals surface area contributed by atoms with E-state index < -0.39 is 0 Å². The predicted octanol–water partition coefficient (Wildman–Crippen LogP) is 3.78. The number of amides is 2. The first-order valence-electron chi connectivity index (χ1n) is 9.33. The monoisotopic (exact) mass is 350 g/mol. The lowest BCUT2D eigenvalue weighted by Crippen LogP contribution is -2.50. The summed E-state index contributed by atoms with van der Waals surface area (Å²) in [6, 6.07) is 19.3. The highest BCUT2D eigenvalue weighted by Crippen LogP contribution is 2.27. The molecule has 2 aromatic carbocycles. The summed E-state index contributed by atoms with van der Waals surface area (Å²) < 4.78 is 0. The molecule has 4 nitrogen and oxygen atoms in total. The molecule has 1 heterocycles. The summed E-state index contributed by atoms with van der Waals surface area (Å²) in [7, 11) is 0. The van der Waals surface area contributed by atoms with Crippen LogP contribution in [0, 0.1) is 0 Å². The van der Waals surface area contributed by atoms with Gasteiger partial charge in [-0.3, -0.25) is 9.59 Å². The Kier molecular flexibility index (Phi) is 6.05. The number of nitrogens with one attached hydrogen (secondary N) is 1. The summed E-state index contributed by atoms with van der Waals surface area (Å²) in [5, 5.41) is 2.98. The minimum atomic E-state index is -0.0396. The van der Waals surface area contributed by atoms with E-state index >= 15 is 0 Å². The Labute approximate surface area is 155 Å². The summed E-state index contributed by atoms with van der Waals surface area (Å²) >= 11 is 0. The van der Waals surface area contributed by atoms with Crippen LogP contribution in [0.2, 0.25) is 0 Å². The molecule has 0 bridgehead atoms. The first kappa shape index (κ1) is 18.2. The molecule has 2 atom stereocenters. The summed E-state index contributed by atoms with van der Waals surface area (Å²) in [6.45, 7) is 2.60. The second kappa shape index (κ2) is 8.65. The maximum absolute atomic E-state index is 13.0. The van der Waals surface area contributed by atoms with Gasteiger partial charge in [0.2, 0.25) is 5.91 Å². The first-order chi connectivity index (χ1) is 12.6. The van der Waals surface area contributed by atoms with Gasteiger partial charge in [-0.15, -0.1) is 0 Å². The molecule has 2 aromatic rings. The van der Waals surface area contributed by atoms with Crippen LogP contribution >= 0.6 is 0 Å². The zero-order valence-electron chi connectivity index (χ0n) is 15.2. The number of hydrogen-bond acceptors (Lipinski definition) is 2. The van der Waals surface area contributed by atoms with Crippen molar-refractivity contribution in [2.24, 2.45) is 0 Å². The predicted molar refractivity (Wildman–Crippen MR) is 103 cm³/mol. The molecule has 3 rings (SSSR count). The van der Waals surface area contributed by atoms with Crippen LogP contribution in [0.3, 0.4) is 0 Å². The number of carbonyl (C=O) groups excluding carboxylic acids is 2. The number of nitrogens with zero attached hydrogens (tertiary/aromatic N) is 1. The van der Waals surface area contributed by atoms with E-state index in [1.165, 1.54) is 0 Å². The third kappa shape index (κ3) is 4.51. The van der Waals surface area contributed by atoms with Gasteiger partial charge >= 0.3 is 0 Å². The average Bonchev–Trinajstić information content (AvgIpc) is 2.68. The fourth-order valence-electron chi connectivity index (χ4n) is 3.67. The zero-order valence-corrected chi connectivity index (χ0v) is 15.2. The lowest BCUT2D eigenvalue weighted by molar-refractivity contribution is -0.122. The Bertz CT molecular complexity index is 730. The topological polar surface area (TPSA) is 49.4 Å². The molecule has 0 aliphatic carbocycles. The van der Waals surface area contributed by atoms with Crippen LogP contribution in [-0.2, 0) is 11.3 Å². The molecule has 26 heavy (non-hydrogen) atoms. The molecule has 1 fully saturated rings. The Morgan fingerprint density at radius 2 is 1.65 bits per heavy atom. The number of hydrogen-bond donors (Lipinski definition) is 1. The molecule has 1 aliphatic heterocycles. The highest BCUT2D eigenvalue weighted by Gasteiger charge is 2.33. The Hall–Kier alpha value is -2.62. The molecule has 2 amide bonds. The van der Waals surface area contributed by atoms with Gasteiger partial charge in [0.15, 0.2) is 0 Å². The van der Waals surface area contributed by atoms with Crippen LogP contribution < -0.4 is 5.32 Å². The van der Waals surface area contributed by atoms with E-state index in [1.807, 2.05) is 65.6 Å². The molecule has 0 unspecified atom stereocenters. The van der Waals surface area contributed by atoms with Crippen molar-refractivity contribution in [3.63, 3.8) is 0 Å². The van der Waals surface area contributed by atoms with Crippen LogP contribution in [0.25, 0.3) is 0 Å². The fourth-order valence-corrected chi connectivity index (χ4v) is 3.67. The summed E-state index contributed by atoms with van der Waals surface area (Å²) in [4.78, 5) is 27.3. The standard InChI is InChI=1S/C22H26N2O2/c1-17-9-8-14-20(24(17)22(26)19-12-6-3-7-13-19)15-21(25)23-16-18-10-4-2-5-11-18/h2-7,10-13,17,20H,8-9,14-16H2,1H3,(H,23,25)/t17-,20+/m1/s1. The number of benzene rings is 2. The van der Waals surface area contributed by atoms with E-state index in [9.17, 15) is 9.59 Å². The van der Waals surface area contributed by atoms with Gasteiger partial charge < -0.3 is 10.2 Å². The van der Waals surface area contributed by atoms with Crippen LogP contribution in [-0.4, -0.2) is 28.8 Å². The molecule has 1 saturated heterocycles. The van der Waals surface area contributed by atoms with Crippen molar-refractivity contribution >= 4 is 11.8 Å². The van der Waals surface area contributed by atoms with Gasteiger partial charge in [0.1, 0.15) is 0 Å². The van der Waals surface area contributed by atoms with E-state index in [0.29, 0.717) is 18.5 Å². The van der Waals surface area contributed by atoms with Gasteiger partial charge in [-0.05, 0) is 43.9 Å². The lowest BCUT2D eigenvalue weighted by atomic mass is 9.93. The molecule has 1 N–H and O–H groups in total. The molecule has 0 radical (unpaired) electrons. The van der Waals surface area contributed by atoms with Gasteiger partial charge in [0.25, 0.3) is 5.91 Å². The highest BCUT2D eigenvalue weighted by molar-refractivity contribution is 5.95. The molecule has 1 aliphatic rings. The molecule has 4 heteroatoms. The van der Waals surface area contributed by atoms with Crippen LogP contribution in [0.1, 0.15) is 48.5 Å². The summed E-state index contributed by atoms with van der Waals surface area (Å²) in [5.41, 5.74) is 1.77. The zero-order chi connectivity index (χ0) is 18.4. The first-order valence-corrected chi connectivity index (χ1v) is 9.33. The van der Waals surface area contributed by atoms with Crippen molar-refractivity contribution in [3.05, 3.63) is 71.8 Å². The highest BCUT2D eigenvalue weighted by atomic mass is 16.2. The van der Waals surface area contributed by atoms with Gasteiger partial charge in [-0.25, -0.2) is 0 Å². The maximum atomic E-state index is 13.0. The number of carbonyl (C=O) groups is 2. The maximum Gasteiger partial charge on any atom is 0.254 e. The second-order valence-electron chi connectivity index (χ2n) is 6.98. The molecular weight excluding hydrogens is 324 g/mol. The SMILES string of the molecule is C[C@@H]1CCC[C@@H](CC(=O)NCc2ccccc2)N1C(=O)c1ccccc1. The largest absolute Gasteiger partial charge is 0.352 e. The molecular formula is C22H26N2O2. The summed E-state index contributed by atoms with van der Waals surface area (Å²) in [5.74, 6) is 0.0254. The molecule has 0 saturated carbocycles. The van der Waals surface area contributed by atoms with Crippen molar-refractivity contribution in [2.75, 3.05) is 0 Å². The van der Waals surface area contributed by atoms with Crippen LogP contribution in [0.15, 0.2) is 60.7 Å². The fraction of sp³-hybridized carbons (Fsp3) is 0.364. The molecule has 0 spiro atoms. The number of piperidine rings is 1. The number of likely N-dealkylation sites (tertiary alicyclic amines) is 1. The van der Waals surface area contributed by atoms with Crippen molar-refractivity contribution in [2.45, 2.75) is 51.2 Å². The van der Waals surface area contributed by atoms with E-state index in [-0.39, 0.29) is 23.9 Å². The van der Waals surface area contributed by atoms with Crippen molar-refractivity contribution < 1.29 is 9.59 Å². The van der Waals surface area contributed by atoms with Gasteiger partial charge in [0, 0.05) is 30.6 Å². The van der Waals surface area contributed by atoms with E-state index in [4.69, 9.17) is 0 Å². The quantitative estimate of drug-likeness (QED) is 0.892.